The molecule has 0 N–H and O–H groups in total. The molecule has 0 spiro atoms. The van der Waals surface area contributed by atoms with Crippen molar-refractivity contribution in [1.29, 1.82) is 0 Å². The molecule has 24 heavy (non-hydrogen) atoms. The van der Waals surface area contributed by atoms with Crippen LogP contribution in [0.4, 0.5) is 0 Å². The predicted molar refractivity (Wildman–Crippen MR) is 98.7 cm³/mol. The van der Waals surface area contributed by atoms with Crippen LogP contribution in [0, 0.1) is 0 Å². The van der Waals surface area contributed by atoms with Crippen molar-refractivity contribution in [3.05, 3.63) is 64.1 Å². The average Bonchev–Trinajstić information content (AvgIpc) is 3.06. The van der Waals surface area contributed by atoms with E-state index < -0.39 is 0 Å². The largest absolute Gasteiger partial charge is 0.329 e. The van der Waals surface area contributed by atoms with Crippen molar-refractivity contribution in [2.45, 2.75) is 25.3 Å². The highest BCUT2D eigenvalue weighted by Gasteiger charge is 2.30. The summed E-state index contributed by atoms with van der Waals surface area (Å²) in [7, 11) is 0. The molecule has 2 heterocycles. The lowest BCUT2D eigenvalue weighted by molar-refractivity contribution is 0.0611. The van der Waals surface area contributed by atoms with E-state index in [1.54, 1.807) is 35.6 Å². The van der Waals surface area contributed by atoms with Crippen LogP contribution in [0.15, 0.2) is 48.5 Å². The molecule has 0 bridgehead atoms. The third kappa shape index (κ3) is 2.92. The molecule has 1 aliphatic rings. The Morgan fingerprint density at radius 1 is 1.12 bits per heavy atom. The SMILES string of the molecule is O=C(c1ccc(Cl)cc1)N1CCCCC1c1nc2ccccc2s1. The number of thiazole rings is 1. The number of fused-ring (bicyclic) bond motifs is 1. The number of nitrogens with zero attached hydrogens (tertiary/aromatic N) is 2. The zero-order valence-electron chi connectivity index (χ0n) is 13.1. The normalized spacial score (nSPS) is 18.0. The number of hydrogen-bond donors (Lipinski definition) is 0. The Bertz CT molecular complexity index is 841. The third-order valence-electron chi connectivity index (χ3n) is 4.45. The van der Waals surface area contributed by atoms with Gasteiger partial charge in [0.05, 0.1) is 16.3 Å². The van der Waals surface area contributed by atoms with Crippen molar-refractivity contribution in [3.63, 3.8) is 0 Å². The van der Waals surface area contributed by atoms with Crippen LogP contribution >= 0.6 is 22.9 Å². The van der Waals surface area contributed by atoms with Gasteiger partial charge in [0, 0.05) is 17.1 Å². The van der Waals surface area contributed by atoms with Gasteiger partial charge in [0.1, 0.15) is 5.01 Å². The molecule has 3 aromatic rings. The van der Waals surface area contributed by atoms with Gasteiger partial charge in [-0.3, -0.25) is 4.79 Å². The summed E-state index contributed by atoms with van der Waals surface area (Å²) in [6, 6.07) is 15.4. The molecule has 1 aliphatic heterocycles. The summed E-state index contributed by atoms with van der Waals surface area (Å²) in [6.45, 7) is 0.780. The van der Waals surface area contributed by atoms with Crippen LogP contribution in [-0.2, 0) is 0 Å². The van der Waals surface area contributed by atoms with E-state index in [1.807, 2.05) is 23.1 Å². The summed E-state index contributed by atoms with van der Waals surface area (Å²) in [5.74, 6) is 0.0654. The van der Waals surface area contributed by atoms with Crippen LogP contribution < -0.4 is 0 Å². The van der Waals surface area contributed by atoms with Crippen LogP contribution in [0.25, 0.3) is 10.2 Å². The molecule has 0 radical (unpaired) electrons. The highest BCUT2D eigenvalue weighted by atomic mass is 35.5. The smallest absolute Gasteiger partial charge is 0.254 e. The molecule has 1 atom stereocenters. The maximum Gasteiger partial charge on any atom is 0.254 e. The summed E-state index contributed by atoms with van der Waals surface area (Å²) < 4.78 is 1.18. The van der Waals surface area contributed by atoms with Crippen molar-refractivity contribution in [3.8, 4) is 0 Å². The first kappa shape index (κ1) is 15.6. The van der Waals surface area contributed by atoms with Gasteiger partial charge < -0.3 is 4.90 Å². The topological polar surface area (TPSA) is 33.2 Å². The lowest BCUT2D eigenvalue weighted by Crippen LogP contribution is -2.38. The number of aromatic nitrogens is 1. The van der Waals surface area contributed by atoms with Crippen LogP contribution in [0.1, 0.15) is 40.7 Å². The fraction of sp³-hybridized carbons (Fsp3) is 0.263. The summed E-state index contributed by atoms with van der Waals surface area (Å²) in [6.07, 6.45) is 3.14. The van der Waals surface area contributed by atoms with E-state index >= 15 is 0 Å². The molecule has 2 aromatic carbocycles. The lowest BCUT2D eigenvalue weighted by atomic mass is 10.0. The number of piperidine rings is 1. The monoisotopic (exact) mass is 356 g/mol. The van der Waals surface area contributed by atoms with Gasteiger partial charge in [-0.25, -0.2) is 4.98 Å². The summed E-state index contributed by atoms with van der Waals surface area (Å²) in [5.41, 5.74) is 1.70. The van der Waals surface area contributed by atoms with Gasteiger partial charge in [-0.05, 0) is 55.7 Å². The average molecular weight is 357 g/mol. The fourth-order valence-corrected chi connectivity index (χ4v) is 4.46. The molecular weight excluding hydrogens is 340 g/mol. The second kappa shape index (κ2) is 6.54. The number of para-hydroxylation sites is 1. The van der Waals surface area contributed by atoms with E-state index in [4.69, 9.17) is 16.6 Å². The van der Waals surface area contributed by atoms with E-state index in [1.165, 1.54) is 4.70 Å². The van der Waals surface area contributed by atoms with Crippen molar-refractivity contribution in [2.24, 2.45) is 0 Å². The number of carbonyl (C=O) groups is 1. The Morgan fingerprint density at radius 3 is 2.71 bits per heavy atom. The first-order valence-corrected chi connectivity index (χ1v) is 9.34. The second-order valence-electron chi connectivity index (χ2n) is 6.04. The van der Waals surface area contributed by atoms with E-state index in [2.05, 4.69) is 6.07 Å². The fourth-order valence-electron chi connectivity index (χ4n) is 3.22. The number of likely N-dealkylation sites (tertiary alicyclic amines) is 1. The highest BCUT2D eigenvalue weighted by molar-refractivity contribution is 7.18. The molecule has 5 heteroatoms. The molecular formula is C19H17ClN2OS. The zero-order valence-corrected chi connectivity index (χ0v) is 14.7. The predicted octanol–water partition coefficient (Wildman–Crippen LogP) is 5.32. The molecule has 0 aliphatic carbocycles. The van der Waals surface area contributed by atoms with E-state index in [9.17, 15) is 4.79 Å². The Balaban J connectivity index is 1.67. The number of amides is 1. The Morgan fingerprint density at radius 2 is 1.92 bits per heavy atom. The number of carbonyl (C=O) groups excluding carboxylic acids is 1. The maximum absolute atomic E-state index is 13.0. The van der Waals surface area contributed by atoms with Crippen LogP contribution in [0.5, 0.6) is 0 Å². The molecule has 1 saturated heterocycles. The minimum absolute atomic E-state index is 0.0654. The van der Waals surface area contributed by atoms with Crippen molar-refractivity contribution in [1.82, 2.24) is 9.88 Å². The quantitative estimate of drug-likeness (QED) is 0.622. The molecule has 0 saturated carbocycles. The standard InChI is InChI=1S/C19H17ClN2OS/c20-14-10-8-13(9-11-14)19(23)22-12-4-3-6-16(22)18-21-15-5-1-2-7-17(15)24-18/h1-2,5,7-11,16H,3-4,6,12H2. The van der Waals surface area contributed by atoms with Gasteiger partial charge in [0.25, 0.3) is 5.91 Å². The van der Waals surface area contributed by atoms with Gasteiger partial charge >= 0.3 is 0 Å². The van der Waals surface area contributed by atoms with Crippen LogP contribution in [-0.4, -0.2) is 22.3 Å². The van der Waals surface area contributed by atoms with Crippen molar-refractivity contribution in [2.75, 3.05) is 6.54 Å². The second-order valence-corrected chi connectivity index (χ2v) is 7.54. The molecule has 122 valence electrons. The minimum Gasteiger partial charge on any atom is -0.329 e. The molecule has 3 nitrogen and oxygen atoms in total. The van der Waals surface area contributed by atoms with Crippen LogP contribution in [0.2, 0.25) is 5.02 Å². The van der Waals surface area contributed by atoms with Crippen LogP contribution in [0.3, 0.4) is 0 Å². The van der Waals surface area contributed by atoms with Gasteiger partial charge in [0.2, 0.25) is 0 Å². The molecule has 1 unspecified atom stereocenters. The lowest BCUT2D eigenvalue weighted by Gasteiger charge is -2.34. The zero-order chi connectivity index (χ0) is 16.5. The molecule has 1 fully saturated rings. The Kier molecular flexibility index (Phi) is 4.25. The number of hydrogen-bond acceptors (Lipinski definition) is 3. The minimum atomic E-state index is 0.0654. The van der Waals surface area contributed by atoms with Gasteiger partial charge in [-0.2, -0.15) is 0 Å². The summed E-state index contributed by atoms with van der Waals surface area (Å²) >= 11 is 7.64. The van der Waals surface area contributed by atoms with Gasteiger partial charge in [-0.15, -0.1) is 11.3 Å². The molecule has 4 rings (SSSR count). The Hall–Kier alpha value is -1.91. The highest BCUT2D eigenvalue weighted by Crippen LogP contribution is 2.36. The summed E-state index contributed by atoms with van der Waals surface area (Å²) in [4.78, 5) is 19.7. The Labute approximate surface area is 149 Å². The number of halogens is 1. The van der Waals surface area contributed by atoms with Gasteiger partial charge in [-0.1, -0.05) is 23.7 Å². The van der Waals surface area contributed by atoms with Crippen molar-refractivity contribution < 1.29 is 4.79 Å². The third-order valence-corrected chi connectivity index (χ3v) is 5.84. The van der Waals surface area contributed by atoms with E-state index in [0.717, 1.165) is 36.3 Å². The molecule has 1 aromatic heterocycles. The van der Waals surface area contributed by atoms with Gasteiger partial charge in [0.15, 0.2) is 0 Å². The van der Waals surface area contributed by atoms with E-state index in [0.29, 0.717) is 10.6 Å². The molecule has 1 amide bonds. The number of benzene rings is 2. The maximum atomic E-state index is 13.0. The summed E-state index contributed by atoms with van der Waals surface area (Å²) in [5, 5.41) is 1.69. The first-order chi connectivity index (χ1) is 11.7. The van der Waals surface area contributed by atoms with Crippen molar-refractivity contribution >= 4 is 39.1 Å². The number of rotatable bonds is 2. The first-order valence-electron chi connectivity index (χ1n) is 8.14. The van der Waals surface area contributed by atoms with E-state index in [-0.39, 0.29) is 11.9 Å².